The number of nitrogens with two attached hydrogens (primary N) is 2. The van der Waals surface area contributed by atoms with Crippen molar-refractivity contribution in [2.75, 3.05) is 31.9 Å². The molecule has 1 aliphatic rings. The van der Waals surface area contributed by atoms with E-state index in [-0.39, 0.29) is 6.04 Å². The van der Waals surface area contributed by atoms with E-state index >= 15 is 0 Å². The average Bonchev–Trinajstić information content (AvgIpc) is 3.07. The van der Waals surface area contributed by atoms with Crippen LogP contribution in [0.15, 0.2) is 42.5 Å². The Labute approximate surface area is 156 Å². The second-order valence-electron chi connectivity index (χ2n) is 7.45. The molecule has 3 atom stereocenters. The number of aryl methyl sites for hydroxylation is 1. The van der Waals surface area contributed by atoms with E-state index in [0.717, 1.165) is 44.7 Å². The van der Waals surface area contributed by atoms with Gasteiger partial charge in [-0.1, -0.05) is 30.3 Å². The Kier molecular flexibility index (Phi) is 6.61. The molecule has 26 heavy (non-hydrogen) atoms. The summed E-state index contributed by atoms with van der Waals surface area (Å²) in [5.74, 6) is 1.58. The quantitative estimate of drug-likeness (QED) is 0.540. The van der Waals surface area contributed by atoms with Crippen LogP contribution in [0, 0.1) is 18.8 Å². The van der Waals surface area contributed by atoms with Crippen molar-refractivity contribution in [3.63, 3.8) is 0 Å². The van der Waals surface area contributed by atoms with Gasteiger partial charge in [0.1, 0.15) is 5.82 Å². The lowest BCUT2D eigenvalue weighted by atomic mass is 9.86. The maximum absolute atomic E-state index is 6.51. The summed E-state index contributed by atoms with van der Waals surface area (Å²) in [7, 11) is 0. The minimum absolute atomic E-state index is 0.146. The van der Waals surface area contributed by atoms with Crippen LogP contribution in [0.3, 0.4) is 0 Å². The number of aromatic nitrogens is 1. The minimum Gasteiger partial charge on any atom is -0.384 e. The first kappa shape index (κ1) is 18.8. The highest BCUT2D eigenvalue weighted by atomic mass is 15.0. The number of nitrogens with one attached hydrogen (secondary N) is 2. The summed E-state index contributed by atoms with van der Waals surface area (Å²) in [5, 5.41) is 7.03. The van der Waals surface area contributed by atoms with E-state index < -0.39 is 0 Å². The van der Waals surface area contributed by atoms with Gasteiger partial charge < -0.3 is 22.1 Å². The van der Waals surface area contributed by atoms with Crippen molar-refractivity contribution in [1.29, 1.82) is 0 Å². The number of hydrogen-bond donors (Lipinski definition) is 4. The summed E-state index contributed by atoms with van der Waals surface area (Å²) >= 11 is 0. The third-order valence-corrected chi connectivity index (χ3v) is 5.27. The van der Waals surface area contributed by atoms with Crippen LogP contribution < -0.4 is 22.1 Å². The molecule has 1 saturated heterocycles. The lowest BCUT2D eigenvalue weighted by Gasteiger charge is -2.25. The molecule has 0 spiro atoms. The van der Waals surface area contributed by atoms with Crippen molar-refractivity contribution in [3.8, 4) is 0 Å². The first-order chi connectivity index (χ1) is 12.6. The Morgan fingerprint density at radius 1 is 1.23 bits per heavy atom. The third kappa shape index (κ3) is 5.27. The smallest absolute Gasteiger partial charge is 0.123 e. The van der Waals surface area contributed by atoms with Crippen molar-refractivity contribution in [3.05, 3.63) is 59.3 Å². The maximum Gasteiger partial charge on any atom is 0.123 e. The zero-order chi connectivity index (χ0) is 18.4. The van der Waals surface area contributed by atoms with Crippen LogP contribution in [0.5, 0.6) is 0 Å². The predicted molar refractivity (Wildman–Crippen MR) is 108 cm³/mol. The SMILES string of the molecule is Cc1cc(N)nc(C[C@@H]2CNC[C@@H]2C(N)CNCCc2ccccc2)c1. The van der Waals surface area contributed by atoms with E-state index in [0.29, 0.717) is 17.7 Å². The zero-order valence-corrected chi connectivity index (χ0v) is 15.6. The van der Waals surface area contributed by atoms with Gasteiger partial charge in [0.05, 0.1) is 0 Å². The second kappa shape index (κ2) is 9.12. The fraction of sp³-hybridized carbons (Fsp3) is 0.476. The van der Waals surface area contributed by atoms with Crippen LogP contribution in [0.25, 0.3) is 0 Å². The zero-order valence-electron chi connectivity index (χ0n) is 15.6. The Bertz CT molecular complexity index is 668. The van der Waals surface area contributed by atoms with Crippen molar-refractivity contribution >= 4 is 5.82 Å². The fourth-order valence-corrected chi connectivity index (χ4v) is 3.92. The first-order valence-corrected chi connectivity index (χ1v) is 9.56. The second-order valence-corrected chi connectivity index (χ2v) is 7.45. The van der Waals surface area contributed by atoms with Crippen molar-refractivity contribution in [2.45, 2.75) is 25.8 Å². The summed E-state index contributed by atoms with van der Waals surface area (Å²) in [4.78, 5) is 4.49. The van der Waals surface area contributed by atoms with Crippen LogP contribution in [0.1, 0.15) is 16.8 Å². The van der Waals surface area contributed by atoms with Crippen LogP contribution in [0.2, 0.25) is 0 Å². The van der Waals surface area contributed by atoms with Gasteiger partial charge in [-0.15, -0.1) is 0 Å². The molecule has 3 rings (SSSR count). The van der Waals surface area contributed by atoms with Crippen molar-refractivity contribution < 1.29 is 0 Å². The molecule has 5 nitrogen and oxygen atoms in total. The van der Waals surface area contributed by atoms with E-state index in [2.05, 4.69) is 58.9 Å². The molecule has 1 aromatic heterocycles. The topological polar surface area (TPSA) is 89.0 Å². The Balaban J connectivity index is 1.47. The Morgan fingerprint density at radius 3 is 2.81 bits per heavy atom. The van der Waals surface area contributed by atoms with E-state index in [4.69, 9.17) is 11.5 Å². The van der Waals surface area contributed by atoms with Gasteiger partial charge in [0.15, 0.2) is 0 Å². The molecule has 0 radical (unpaired) electrons. The van der Waals surface area contributed by atoms with Gasteiger partial charge in [-0.05, 0) is 74.5 Å². The van der Waals surface area contributed by atoms with E-state index in [1.165, 1.54) is 11.1 Å². The number of nitrogens with zero attached hydrogens (tertiary/aromatic N) is 1. The molecule has 0 amide bonds. The standard InChI is InChI=1S/C21H31N5/c1-15-9-18(26-21(23)10-15)11-17-12-25-13-19(17)20(22)14-24-8-7-16-5-3-2-4-6-16/h2-6,9-10,17,19-20,24-25H,7-8,11-14,22H2,1H3,(H2,23,26)/t17-,19+,20?/m1/s1. The summed E-state index contributed by atoms with van der Waals surface area (Å²) in [6.45, 7) is 5.84. The van der Waals surface area contributed by atoms with Gasteiger partial charge in [-0.25, -0.2) is 4.98 Å². The highest BCUT2D eigenvalue weighted by molar-refractivity contribution is 5.34. The molecule has 2 heterocycles. The lowest BCUT2D eigenvalue weighted by Crippen LogP contribution is -2.44. The maximum atomic E-state index is 6.51. The monoisotopic (exact) mass is 353 g/mol. The molecule has 2 aromatic rings. The Hall–Kier alpha value is -1.95. The number of rotatable bonds is 8. The van der Waals surface area contributed by atoms with E-state index in [9.17, 15) is 0 Å². The van der Waals surface area contributed by atoms with Crippen LogP contribution in [-0.2, 0) is 12.8 Å². The highest BCUT2D eigenvalue weighted by Gasteiger charge is 2.31. The lowest BCUT2D eigenvalue weighted by molar-refractivity contribution is 0.336. The molecule has 1 aliphatic heterocycles. The fourth-order valence-electron chi connectivity index (χ4n) is 3.92. The molecular formula is C21H31N5. The predicted octanol–water partition coefficient (Wildman–Crippen LogP) is 1.51. The van der Waals surface area contributed by atoms with Gasteiger partial charge in [0.2, 0.25) is 0 Å². The van der Waals surface area contributed by atoms with Crippen LogP contribution in [-0.4, -0.2) is 37.2 Å². The normalized spacial score (nSPS) is 21.0. The summed E-state index contributed by atoms with van der Waals surface area (Å²) in [6, 6.07) is 14.7. The number of nitrogen functional groups attached to an aromatic ring is 1. The van der Waals surface area contributed by atoms with Gasteiger partial charge in [0.25, 0.3) is 0 Å². The minimum atomic E-state index is 0.146. The van der Waals surface area contributed by atoms with Crippen molar-refractivity contribution in [2.24, 2.45) is 17.6 Å². The van der Waals surface area contributed by atoms with Gasteiger partial charge in [0, 0.05) is 18.3 Å². The Morgan fingerprint density at radius 2 is 2.04 bits per heavy atom. The molecule has 1 fully saturated rings. The van der Waals surface area contributed by atoms with Crippen molar-refractivity contribution in [1.82, 2.24) is 15.6 Å². The highest BCUT2D eigenvalue weighted by Crippen LogP contribution is 2.24. The molecule has 1 aromatic carbocycles. The van der Waals surface area contributed by atoms with Gasteiger partial charge in [-0.2, -0.15) is 0 Å². The third-order valence-electron chi connectivity index (χ3n) is 5.27. The van der Waals surface area contributed by atoms with Crippen LogP contribution >= 0.6 is 0 Å². The molecule has 0 saturated carbocycles. The first-order valence-electron chi connectivity index (χ1n) is 9.56. The van der Waals surface area contributed by atoms with E-state index in [1.54, 1.807) is 0 Å². The number of hydrogen-bond acceptors (Lipinski definition) is 5. The average molecular weight is 354 g/mol. The van der Waals surface area contributed by atoms with Gasteiger partial charge in [-0.3, -0.25) is 0 Å². The molecular weight excluding hydrogens is 322 g/mol. The molecule has 0 aliphatic carbocycles. The van der Waals surface area contributed by atoms with E-state index in [1.807, 2.05) is 6.07 Å². The summed E-state index contributed by atoms with van der Waals surface area (Å²) in [6.07, 6.45) is 1.97. The number of benzene rings is 1. The molecule has 140 valence electrons. The van der Waals surface area contributed by atoms with Crippen LogP contribution in [0.4, 0.5) is 5.82 Å². The molecule has 1 unspecified atom stereocenters. The molecule has 6 N–H and O–H groups in total. The molecule has 0 bridgehead atoms. The largest absolute Gasteiger partial charge is 0.384 e. The summed E-state index contributed by atoms with van der Waals surface area (Å²) < 4.78 is 0. The summed E-state index contributed by atoms with van der Waals surface area (Å²) in [5.41, 5.74) is 16.0. The number of pyridine rings is 1. The molecule has 5 heteroatoms. The van der Waals surface area contributed by atoms with Gasteiger partial charge >= 0.3 is 0 Å². The number of anilines is 1.